The van der Waals surface area contributed by atoms with Crippen molar-refractivity contribution in [2.45, 2.75) is 30.4 Å². The number of nitrogens with zero attached hydrogens (tertiary/aromatic N) is 1. The first kappa shape index (κ1) is 18.8. The fourth-order valence-electron chi connectivity index (χ4n) is 3.57. The van der Waals surface area contributed by atoms with Crippen molar-refractivity contribution in [3.05, 3.63) is 95.1 Å². The van der Waals surface area contributed by atoms with Gasteiger partial charge in [-0.2, -0.15) is 0 Å². The molecule has 0 radical (unpaired) electrons. The summed E-state index contributed by atoms with van der Waals surface area (Å²) in [6, 6.07) is 24.6. The van der Waals surface area contributed by atoms with E-state index in [9.17, 15) is 5.11 Å². The third-order valence-electron chi connectivity index (χ3n) is 5.17. The van der Waals surface area contributed by atoms with Gasteiger partial charge in [0.05, 0.1) is 0 Å². The number of aliphatic imine (C=N–C) groups is 1. The van der Waals surface area contributed by atoms with Gasteiger partial charge in [-0.1, -0.05) is 60.2 Å². The molecule has 0 aromatic heterocycles. The van der Waals surface area contributed by atoms with Crippen LogP contribution in [0.2, 0.25) is 0 Å². The van der Waals surface area contributed by atoms with E-state index in [1.807, 2.05) is 18.2 Å². The van der Waals surface area contributed by atoms with E-state index in [0.29, 0.717) is 5.75 Å². The molecule has 0 saturated heterocycles. The lowest BCUT2D eigenvalue weighted by Crippen LogP contribution is -2.33. The quantitative estimate of drug-likeness (QED) is 0.568. The standard InChI is InChI=1S/C24H24N2OS/c1-16-7-9-17(10-8-16)21-15-22(20-5-3-4-6-23(20)27)26-24(25-21)18-11-13-19(28-2)14-12-18/h3-14,22,24,26-27H,15H2,1-2H3/t22-,24-/m0/s1. The van der Waals surface area contributed by atoms with Crippen LogP contribution in [-0.4, -0.2) is 17.1 Å². The maximum absolute atomic E-state index is 10.4. The third kappa shape index (κ3) is 3.98. The highest BCUT2D eigenvalue weighted by Crippen LogP contribution is 2.34. The molecule has 1 aliphatic heterocycles. The summed E-state index contributed by atoms with van der Waals surface area (Å²) < 4.78 is 0. The summed E-state index contributed by atoms with van der Waals surface area (Å²) in [6.07, 6.45) is 2.67. The molecule has 4 heteroatoms. The molecule has 0 bridgehead atoms. The largest absolute Gasteiger partial charge is 0.508 e. The van der Waals surface area contributed by atoms with Crippen molar-refractivity contribution in [3.63, 3.8) is 0 Å². The zero-order chi connectivity index (χ0) is 19.5. The lowest BCUT2D eigenvalue weighted by molar-refractivity contribution is 0.412. The second-order valence-corrected chi connectivity index (χ2v) is 7.98. The van der Waals surface area contributed by atoms with Crippen molar-refractivity contribution in [2.75, 3.05) is 6.26 Å². The first-order chi connectivity index (χ1) is 13.6. The first-order valence-corrected chi connectivity index (χ1v) is 10.7. The van der Waals surface area contributed by atoms with Gasteiger partial charge < -0.3 is 5.11 Å². The minimum atomic E-state index is -0.148. The number of hydrogen-bond acceptors (Lipinski definition) is 4. The zero-order valence-electron chi connectivity index (χ0n) is 16.1. The van der Waals surface area contributed by atoms with Gasteiger partial charge in [0, 0.05) is 28.6 Å². The second-order valence-electron chi connectivity index (χ2n) is 7.10. The average molecular weight is 389 g/mol. The molecule has 2 atom stereocenters. The maximum Gasteiger partial charge on any atom is 0.126 e. The SMILES string of the molecule is CSc1ccc([C@H]2N=C(c3ccc(C)cc3)C[C@@H](c3ccccc3O)N2)cc1. The molecule has 1 aliphatic rings. The van der Waals surface area contributed by atoms with Crippen molar-refractivity contribution in [1.29, 1.82) is 0 Å². The predicted molar refractivity (Wildman–Crippen MR) is 117 cm³/mol. The number of para-hydroxylation sites is 1. The summed E-state index contributed by atoms with van der Waals surface area (Å²) in [5.74, 6) is 0.321. The molecule has 0 aliphatic carbocycles. The summed E-state index contributed by atoms with van der Waals surface area (Å²) in [5.41, 5.74) is 5.47. The number of phenols is 1. The maximum atomic E-state index is 10.4. The van der Waals surface area contributed by atoms with Gasteiger partial charge >= 0.3 is 0 Å². The van der Waals surface area contributed by atoms with Crippen LogP contribution in [0, 0.1) is 6.92 Å². The van der Waals surface area contributed by atoms with Gasteiger partial charge in [0.2, 0.25) is 0 Å². The van der Waals surface area contributed by atoms with E-state index in [4.69, 9.17) is 4.99 Å². The summed E-state index contributed by atoms with van der Waals surface area (Å²) in [4.78, 5) is 6.27. The Kier molecular flexibility index (Phi) is 5.51. The van der Waals surface area contributed by atoms with E-state index >= 15 is 0 Å². The Morgan fingerprint density at radius 2 is 1.68 bits per heavy atom. The normalized spacial score (nSPS) is 19.3. The number of thioether (sulfide) groups is 1. The Bertz CT molecular complexity index is 980. The molecule has 0 spiro atoms. The molecule has 2 N–H and O–H groups in total. The molecule has 4 rings (SSSR count). The van der Waals surface area contributed by atoms with Crippen LogP contribution in [0.3, 0.4) is 0 Å². The fourth-order valence-corrected chi connectivity index (χ4v) is 3.97. The monoisotopic (exact) mass is 388 g/mol. The van der Waals surface area contributed by atoms with Crippen LogP contribution in [0.1, 0.15) is 40.9 Å². The molecule has 3 nitrogen and oxygen atoms in total. The summed E-state index contributed by atoms with van der Waals surface area (Å²) in [6.45, 7) is 2.09. The molecule has 0 fully saturated rings. The molecule has 3 aromatic rings. The highest BCUT2D eigenvalue weighted by Gasteiger charge is 2.27. The third-order valence-corrected chi connectivity index (χ3v) is 5.91. The molecule has 1 heterocycles. The topological polar surface area (TPSA) is 44.6 Å². The Balaban J connectivity index is 1.73. The van der Waals surface area contributed by atoms with E-state index in [0.717, 1.165) is 28.8 Å². The van der Waals surface area contributed by atoms with E-state index in [2.05, 4.69) is 67.0 Å². The number of aryl methyl sites for hydroxylation is 1. The van der Waals surface area contributed by atoms with E-state index < -0.39 is 0 Å². The Hall–Kier alpha value is -2.56. The van der Waals surface area contributed by atoms with Gasteiger partial charge in [-0.05, 0) is 42.5 Å². The predicted octanol–water partition coefficient (Wildman–Crippen LogP) is 5.65. The lowest BCUT2D eigenvalue weighted by atomic mass is 9.93. The van der Waals surface area contributed by atoms with Gasteiger partial charge in [-0.25, -0.2) is 0 Å². The molecular formula is C24H24N2OS. The summed E-state index contributed by atoms with van der Waals surface area (Å²) >= 11 is 1.73. The molecule has 0 saturated carbocycles. The van der Waals surface area contributed by atoms with Crippen LogP contribution < -0.4 is 5.32 Å². The minimum Gasteiger partial charge on any atom is -0.508 e. The molecule has 3 aromatic carbocycles. The molecule has 0 unspecified atom stereocenters. The van der Waals surface area contributed by atoms with Crippen LogP contribution >= 0.6 is 11.8 Å². The molecule has 28 heavy (non-hydrogen) atoms. The van der Waals surface area contributed by atoms with Gasteiger partial charge in [-0.15, -0.1) is 11.8 Å². The number of aromatic hydroxyl groups is 1. The number of rotatable bonds is 4. The summed E-state index contributed by atoms with van der Waals surface area (Å²) in [7, 11) is 0. The van der Waals surface area contributed by atoms with Gasteiger partial charge in [0.25, 0.3) is 0 Å². The van der Waals surface area contributed by atoms with Crippen molar-refractivity contribution >= 4 is 17.5 Å². The zero-order valence-corrected chi connectivity index (χ0v) is 16.9. The van der Waals surface area contributed by atoms with Crippen molar-refractivity contribution in [1.82, 2.24) is 5.32 Å². The second kappa shape index (κ2) is 8.21. The van der Waals surface area contributed by atoms with Crippen LogP contribution in [0.4, 0.5) is 0 Å². The molecule has 0 amide bonds. The average Bonchev–Trinajstić information content (AvgIpc) is 2.74. The molecular weight excluding hydrogens is 364 g/mol. The van der Waals surface area contributed by atoms with Crippen LogP contribution in [0.5, 0.6) is 5.75 Å². The van der Waals surface area contributed by atoms with Crippen LogP contribution in [0.25, 0.3) is 0 Å². The van der Waals surface area contributed by atoms with Gasteiger partial charge in [-0.3, -0.25) is 10.3 Å². The highest BCUT2D eigenvalue weighted by molar-refractivity contribution is 7.98. The van der Waals surface area contributed by atoms with Crippen molar-refractivity contribution in [2.24, 2.45) is 4.99 Å². The molecule has 142 valence electrons. The number of phenolic OH excluding ortho intramolecular Hbond substituents is 1. The number of nitrogens with one attached hydrogen (secondary N) is 1. The van der Waals surface area contributed by atoms with Crippen LogP contribution in [-0.2, 0) is 0 Å². The van der Waals surface area contributed by atoms with E-state index in [1.54, 1.807) is 17.8 Å². The smallest absolute Gasteiger partial charge is 0.126 e. The fraction of sp³-hybridized carbons (Fsp3) is 0.208. The lowest BCUT2D eigenvalue weighted by Gasteiger charge is -2.31. The van der Waals surface area contributed by atoms with Crippen molar-refractivity contribution < 1.29 is 5.11 Å². The van der Waals surface area contributed by atoms with Crippen LogP contribution in [0.15, 0.2) is 82.7 Å². The number of hydrogen-bond donors (Lipinski definition) is 2. The summed E-state index contributed by atoms with van der Waals surface area (Å²) in [5, 5.41) is 14.0. The first-order valence-electron chi connectivity index (χ1n) is 9.45. The minimum absolute atomic E-state index is 0.000213. The Labute approximate surface area is 170 Å². The van der Waals surface area contributed by atoms with Gasteiger partial charge in [0.15, 0.2) is 0 Å². The van der Waals surface area contributed by atoms with Crippen molar-refractivity contribution in [3.8, 4) is 5.75 Å². The Morgan fingerprint density at radius 3 is 2.36 bits per heavy atom. The van der Waals surface area contributed by atoms with Gasteiger partial charge in [0.1, 0.15) is 11.9 Å². The Morgan fingerprint density at radius 1 is 0.964 bits per heavy atom. The highest BCUT2D eigenvalue weighted by atomic mass is 32.2. The van der Waals surface area contributed by atoms with E-state index in [-0.39, 0.29) is 12.2 Å². The number of benzene rings is 3. The van der Waals surface area contributed by atoms with E-state index in [1.165, 1.54) is 10.5 Å².